The predicted molar refractivity (Wildman–Crippen MR) is 127 cm³/mol. The molecule has 170 valence electrons. The number of imidazole rings is 1. The lowest BCUT2D eigenvalue weighted by atomic mass is 9.74. The molecule has 0 fully saturated rings. The van der Waals surface area contributed by atoms with Gasteiger partial charge >= 0.3 is 0 Å². The predicted octanol–water partition coefficient (Wildman–Crippen LogP) is 3.95. The molecule has 3 atom stereocenters. The average Bonchev–Trinajstić information content (AvgIpc) is 3.25. The van der Waals surface area contributed by atoms with Crippen LogP contribution in [-0.4, -0.2) is 40.3 Å². The molecule has 7 nitrogen and oxygen atoms in total. The highest BCUT2D eigenvalue weighted by Crippen LogP contribution is 2.43. The smallest absolute Gasteiger partial charge is 0.255 e. The first kappa shape index (κ1) is 21.6. The molecule has 1 aromatic heterocycles. The second kappa shape index (κ2) is 8.59. The third kappa shape index (κ3) is 3.55. The van der Waals surface area contributed by atoms with Crippen molar-refractivity contribution in [3.8, 4) is 5.75 Å². The van der Waals surface area contributed by atoms with Crippen molar-refractivity contribution in [3.05, 3.63) is 95.8 Å². The summed E-state index contributed by atoms with van der Waals surface area (Å²) in [6.45, 7) is 1.37. The number of ether oxygens (including phenoxy) is 1. The van der Waals surface area contributed by atoms with Gasteiger partial charge in [0.2, 0.25) is 5.91 Å². The van der Waals surface area contributed by atoms with Crippen LogP contribution in [0.3, 0.4) is 0 Å². The zero-order valence-corrected chi connectivity index (χ0v) is 18.8. The summed E-state index contributed by atoms with van der Waals surface area (Å²) in [6, 6.07) is 22.5. The number of carbonyl (C=O) groups is 3. The lowest BCUT2D eigenvalue weighted by Crippen LogP contribution is -2.53. The van der Waals surface area contributed by atoms with Gasteiger partial charge in [-0.2, -0.15) is 0 Å². The molecule has 4 aromatic rings. The summed E-state index contributed by atoms with van der Waals surface area (Å²) in [4.78, 5) is 44.7. The van der Waals surface area contributed by atoms with Gasteiger partial charge in [-0.15, -0.1) is 0 Å². The number of nitrogens with one attached hydrogen (secondary N) is 1. The van der Waals surface area contributed by atoms with Crippen molar-refractivity contribution >= 4 is 28.6 Å². The van der Waals surface area contributed by atoms with Gasteiger partial charge < -0.3 is 10.1 Å². The number of carbonyl (C=O) groups excluding carboxylic acids is 3. The van der Waals surface area contributed by atoms with E-state index in [1.807, 2.05) is 36.4 Å². The second-order valence-electron chi connectivity index (χ2n) is 8.32. The lowest BCUT2D eigenvalue weighted by molar-refractivity contribution is -0.119. The average molecular weight is 453 g/mol. The van der Waals surface area contributed by atoms with E-state index in [0.717, 1.165) is 5.56 Å². The fourth-order valence-electron chi connectivity index (χ4n) is 4.77. The van der Waals surface area contributed by atoms with Crippen LogP contribution in [-0.2, 0) is 4.79 Å². The number of ketones is 1. The van der Waals surface area contributed by atoms with Crippen molar-refractivity contribution in [2.75, 3.05) is 7.11 Å². The minimum absolute atomic E-state index is 0.166. The first-order valence-corrected chi connectivity index (χ1v) is 11.0. The molecule has 0 bridgehead atoms. The number of rotatable bonds is 5. The molecule has 0 radical (unpaired) electrons. The first-order valence-electron chi connectivity index (χ1n) is 11.0. The topological polar surface area (TPSA) is 90.3 Å². The van der Waals surface area contributed by atoms with Gasteiger partial charge in [0, 0.05) is 18.4 Å². The van der Waals surface area contributed by atoms with E-state index in [1.54, 1.807) is 49.6 Å². The summed E-state index contributed by atoms with van der Waals surface area (Å²) in [5, 5.41) is 2.82. The second-order valence-corrected chi connectivity index (χ2v) is 8.32. The third-order valence-electron chi connectivity index (χ3n) is 6.27. The van der Waals surface area contributed by atoms with Gasteiger partial charge in [0.05, 0.1) is 24.1 Å². The number of nitrogens with zero attached hydrogens (tertiary/aromatic N) is 2. The minimum atomic E-state index is -0.950. The molecule has 3 aromatic carbocycles. The maximum Gasteiger partial charge on any atom is 0.255 e. The Kier molecular flexibility index (Phi) is 5.45. The van der Waals surface area contributed by atoms with Crippen molar-refractivity contribution in [1.29, 1.82) is 0 Å². The Morgan fingerprint density at radius 1 is 0.941 bits per heavy atom. The molecule has 1 amide bonds. The fourth-order valence-corrected chi connectivity index (χ4v) is 4.77. The van der Waals surface area contributed by atoms with Gasteiger partial charge in [0.25, 0.3) is 5.91 Å². The maximum atomic E-state index is 14.0. The zero-order chi connectivity index (χ0) is 23.8. The van der Waals surface area contributed by atoms with Crippen molar-refractivity contribution in [2.45, 2.75) is 24.8 Å². The molecule has 0 saturated heterocycles. The van der Waals surface area contributed by atoms with Crippen molar-refractivity contribution in [2.24, 2.45) is 0 Å². The molecule has 1 aliphatic heterocycles. The summed E-state index contributed by atoms with van der Waals surface area (Å²) in [7, 11) is 1.57. The van der Waals surface area contributed by atoms with E-state index in [0.29, 0.717) is 28.2 Å². The number of benzene rings is 3. The molecule has 0 aliphatic carbocycles. The van der Waals surface area contributed by atoms with Crippen LogP contribution in [0.4, 0.5) is 0 Å². The molecular formula is C27H23N3O4. The van der Waals surface area contributed by atoms with Crippen molar-refractivity contribution < 1.29 is 19.1 Å². The Morgan fingerprint density at radius 3 is 2.29 bits per heavy atom. The van der Waals surface area contributed by atoms with Crippen LogP contribution >= 0.6 is 0 Å². The van der Waals surface area contributed by atoms with Crippen LogP contribution in [0, 0.1) is 0 Å². The maximum absolute atomic E-state index is 14.0. The number of fused-ring (bicyclic) bond motifs is 3. The molecule has 7 heteroatoms. The SMILES string of the molecule is COc1ccc([C@@H]2[C@H](NC(C)=O)C(=O)n3c(nc4ccccc43)[C@H]2C(=O)c2ccccc2)cc1. The standard InChI is InChI=1S/C27H23N3O4/c1-16(31)28-24-22(17-12-14-19(34-2)15-13-17)23(25(32)18-8-4-3-5-9-18)26-29-20-10-6-7-11-21(20)30(26)27(24)33/h3-15,22-24H,1-2H3,(H,28,31)/t22-,23+,24-/m0/s1. The summed E-state index contributed by atoms with van der Waals surface area (Å²) in [5.74, 6) is -1.26. The number of amides is 1. The molecule has 2 heterocycles. The number of hydrogen-bond acceptors (Lipinski definition) is 5. The Hall–Kier alpha value is -4.26. The van der Waals surface area contributed by atoms with E-state index in [9.17, 15) is 14.4 Å². The van der Waals surface area contributed by atoms with Gasteiger partial charge in [-0.05, 0) is 29.8 Å². The van der Waals surface area contributed by atoms with Gasteiger partial charge in [0.15, 0.2) is 5.78 Å². The summed E-state index contributed by atoms with van der Waals surface area (Å²) < 4.78 is 6.78. The van der Waals surface area contributed by atoms with Crippen LogP contribution in [0.15, 0.2) is 78.9 Å². The van der Waals surface area contributed by atoms with Crippen LogP contribution in [0.5, 0.6) is 5.75 Å². The van der Waals surface area contributed by atoms with E-state index >= 15 is 0 Å². The van der Waals surface area contributed by atoms with Gasteiger partial charge in [0.1, 0.15) is 17.6 Å². The largest absolute Gasteiger partial charge is 0.497 e. The molecule has 1 aliphatic rings. The Labute approximate surface area is 196 Å². The van der Waals surface area contributed by atoms with E-state index in [-0.39, 0.29) is 17.6 Å². The molecule has 0 saturated carbocycles. The van der Waals surface area contributed by atoms with Crippen LogP contribution in [0.1, 0.15) is 45.3 Å². The minimum Gasteiger partial charge on any atom is -0.497 e. The van der Waals surface area contributed by atoms with Crippen molar-refractivity contribution in [3.63, 3.8) is 0 Å². The molecule has 34 heavy (non-hydrogen) atoms. The van der Waals surface area contributed by atoms with Crippen LogP contribution in [0.25, 0.3) is 11.0 Å². The molecule has 5 rings (SSSR count). The third-order valence-corrected chi connectivity index (χ3v) is 6.27. The van der Waals surface area contributed by atoms with Gasteiger partial charge in [-0.3, -0.25) is 19.0 Å². The Morgan fingerprint density at radius 2 is 1.62 bits per heavy atom. The highest BCUT2D eigenvalue weighted by molar-refractivity contribution is 6.06. The van der Waals surface area contributed by atoms with E-state index < -0.39 is 17.9 Å². The highest BCUT2D eigenvalue weighted by Gasteiger charge is 2.48. The number of hydrogen-bond donors (Lipinski definition) is 1. The van der Waals surface area contributed by atoms with Crippen LogP contribution < -0.4 is 10.1 Å². The number of methoxy groups -OCH3 is 1. The highest BCUT2D eigenvalue weighted by atomic mass is 16.5. The number of aromatic nitrogens is 2. The van der Waals surface area contributed by atoms with E-state index in [1.165, 1.54) is 11.5 Å². The number of para-hydroxylation sites is 2. The molecular weight excluding hydrogens is 430 g/mol. The summed E-state index contributed by atoms with van der Waals surface area (Å²) in [5.41, 5.74) is 2.48. The van der Waals surface area contributed by atoms with E-state index in [4.69, 9.17) is 9.72 Å². The van der Waals surface area contributed by atoms with E-state index in [2.05, 4.69) is 5.32 Å². The molecule has 0 spiro atoms. The monoisotopic (exact) mass is 453 g/mol. The lowest BCUT2D eigenvalue weighted by Gasteiger charge is -2.37. The Balaban J connectivity index is 1.78. The summed E-state index contributed by atoms with van der Waals surface area (Å²) in [6.07, 6.45) is 0. The van der Waals surface area contributed by atoms with Crippen LogP contribution in [0.2, 0.25) is 0 Å². The van der Waals surface area contributed by atoms with Crippen molar-refractivity contribution in [1.82, 2.24) is 14.9 Å². The molecule has 1 N–H and O–H groups in total. The molecule has 0 unspecified atom stereocenters. The van der Waals surface area contributed by atoms with Gasteiger partial charge in [-0.1, -0.05) is 54.6 Å². The normalized spacial score (nSPS) is 19.5. The quantitative estimate of drug-likeness (QED) is 0.462. The van der Waals surface area contributed by atoms with Gasteiger partial charge in [-0.25, -0.2) is 4.98 Å². The number of Topliss-reactive ketones (excluding diaryl/α,β-unsaturated/α-hetero) is 1. The Bertz CT molecular complexity index is 1390. The zero-order valence-electron chi connectivity index (χ0n) is 18.8. The summed E-state index contributed by atoms with van der Waals surface area (Å²) >= 11 is 0. The first-order chi connectivity index (χ1) is 16.5. The fraction of sp³-hybridized carbons (Fsp3) is 0.185.